The molecule has 0 amide bonds. The molecule has 1 N–H and O–H groups in total. The first-order chi connectivity index (χ1) is 9.77. The highest BCUT2D eigenvalue weighted by atomic mass is 35.5. The van der Waals surface area contributed by atoms with Crippen molar-refractivity contribution in [3.63, 3.8) is 0 Å². The van der Waals surface area contributed by atoms with Crippen molar-refractivity contribution in [1.29, 1.82) is 0 Å². The Kier molecular flexibility index (Phi) is 3.83. The fourth-order valence-corrected chi connectivity index (χ4v) is 5.76. The van der Waals surface area contributed by atoms with Crippen LogP contribution in [0.3, 0.4) is 0 Å². The van der Waals surface area contributed by atoms with E-state index in [1.54, 1.807) is 0 Å². The van der Waals surface area contributed by atoms with Gasteiger partial charge in [-0.15, -0.1) is 0 Å². The van der Waals surface area contributed by atoms with Crippen LogP contribution >= 0.6 is 11.6 Å². The molecule has 0 spiro atoms. The van der Waals surface area contributed by atoms with E-state index < -0.39 is 9.84 Å². The van der Waals surface area contributed by atoms with Gasteiger partial charge in [-0.3, -0.25) is 0 Å². The highest BCUT2D eigenvalue weighted by Crippen LogP contribution is 2.46. The Bertz CT molecular complexity index is 654. The quantitative estimate of drug-likeness (QED) is 0.928. The molecule has 0 aromatic heterocycles. The zero-order valence-corrected chi connectivity index (χ0v) is 14.1. The van der Waals surface area contributed by atoms with Gasteiger partial charge in [0.15, 0.2) is 9.84 Å². The van der Waals surface area contributed by atoms with Crippen LogP contribution in [0.1, 0.15) is 37.4 Å². The molecule has 0 saturated carbocycles. The van der Waals surface area contributed by atoms with Gasteiger partial charge in [0.05, 0.1) is 11.5 Å². The first-order valence-corrected chi connectivity index (χ1v) is 9.69. The van der Waals surface area contributed by atoms with Crippen molar-refractivity contribution >= 4 is 21.4 Å². The molecule has 116 valence electrons. The fourth-order valence-electron chi connectivity index (χ4n) is 3.71. The third kappa shape index (κ3) is 3.13. The SMILES string of the molecule is CC1(C)Cc2ccc(Cl)cc2C1NCC1CCS(=O)(=O)C1. The van der Waals surface area contributed by atoms with Gasteiger partial charge in [0.1, 0.15) is 0 Å². The Labute approximate surface area is 132 Å². The van der Waals surface area contributed by atoms with Gasteiger partial charge >= 0.3 is 0 Å². The van der Waals surface area contributed by atoms with Gasteiger partial charge in [0.25, 0.3) is 0 Å². The van der Waals surface area contributed by atoms with Crippen LogP contribution in [0.15, 0.2) is 18.2 Å². The summed E-state index contributed by atoms with van der Waals surface area (Å²) in [5.74, 6) is 0.916. The molecule has 3 nitrogen and oxygen atoms in total. The first-order valence-electron chi connectivity index (χ1n) is 7.49. The fraction of sp³-hybridized carbons (Fsp3) is 0.625. The Morgan fingerprint density at radius 2 is 2.14 bits per heavy atom. The molecule has 1 heterocycles. The monoisotopic (exact) mass is 327 g/mol. The van der Waals surface area contributed by atoms with Gasteiger partial charge in [0.2, 0.25) is 0 Å². The molecule has 1 aromatic rings. The number of sulfone groups is 1. The summed E-state index contributed by atoms with van der Waals surface area (Å²) in [5, 5.41) is 4.38. The second-order valence-electron chi connectivity index (χ2n) is 7.12. The van der Waals surface area contributed by atoms with E-state index in [9.17, 15) is 8.42 Å². The Morgan fingerprint density at radius 1 is 1.38 bits per heavy atom. The average molecular weight is 328 g/mol. The van der Waals surface area contributed by atoms with E-state index >= 15 is 0 Å². The van der Waals surface area contributed by atoms with Gasteiger partial charge in [0, 0.05) is 11.1 Å². The van der Waals surface area contributed by atoms with Crippen LogP contribution in [-0.4, -0.2) is 26.5 Å². The summed E-state index contributed by atoms with van der Waals surface area (Å²) in [6, 6.07) is 6.35. The molecule has 1 aliphatic heterocycles. The van der Waals surface area contributed by atoms with Crippen LogP contribution in [0, 0.1) is 11.3 Å². The molecule has 2 aliphatic rings. The lowest BCUT2D eigenvalue weighted by molar-refractivity contribution is 0.260. The zero-order valence-electron chi connectivity index (χ0n) is 12.5. The molecular weight excluding hydrogens is 306 g/mol. The number of halogens is 1. The summed E-state index contributed by atoms with van der Waals surface area (Å²) in [7, 11) is -2.80. The molecule has 5 heteroatoms. The predicted octanol–water partition coefficient (Wildman–Crippen LogP) is 2.99. The lowest BCUT2D eigenvalue weighted by Gasteiger charge is -2.29. The zero-order chi connectivity index (χ0) is 15.3. The molecule has 2 atom stereocenters. The summed E-state index contributed by atoms with van der Waals surface area (Å²) < 4.78 is 23.1. The normalized spacial score (nSPS) is 29.5. The van der Waals surface area contributed by atoms with Gasteiger partial charge < -0.3 is 5.32 Å². The van der Waals surface area contributed by atoms with Crippen molar-refractivity contribution in [3.8, 4) is 0 Å². The first kappa shape index (κ1) is 15.3. The number of nitrogens with one attached hydrogen (secondary N) is 1. The Balaban J connectivity index is 1.74. The van der Waals surface area contributed by atoms with E-state index in [4.69, 9.17) is 11.6 Å². The van der Waals surface area contributed by atoms with Crippen molar-refractivity contribution in [2.45, 2.75) is 32.7 Å². The second kappa shape index (κ2) is 5.25. The molecule has 0 radical (unpaired) electrons. The molecule has 2 unspecified atom stereocenters. The maximum absolute atomic E-state index is 11.6. The van der Waals surface area contributed by atoms with Crippen molar-refractivity contribution < 1.29 is 8.42 Å². The van der Waals surface area contributed by atoms with Gasteiger partial charge in [-0.05, 0) is 54.0 Å². The highest BCUT2D eigenvalue weighted by Gasteiger charge is 2.39. The molecule has 1 aromatic carbocycles. The lowest BCUT2D eigenvalue weighted by atomic mass is 9.85. The summed E-state index contributed by atoms with van der Waals surface area (Å²) in [6.07, 6.45) is 1.81. The predicted molar refractivity (Wildman–Crippen MR) is 86.4 cm³/mol. The van der Waals surface area contributed by atoms with Crippen LogP contribution in [-0.2, 0) is 16.3 Å². The smallest absolute Gasteiger partial charge is 0.150 e. The van der Waals surface area contributed by atoms with Crippen LogP contribution in [0.25, 0.3) is 0 Å². The third-order valence-corrected chi connectivity index (χ3v) is 6.86. The van der Waals surface area contributed by atoms with Crippen molar-refractivity contribution in [2.75, 3.05) is 18.1 Å². The van der Waals surface area contributed by atoms with Crippen molar-refractivity contribution in [1.82, 2.24) is 5.32 Å². The Hall–Kier alpha value is -0.580. The van der Waals surface area contributed by atoms with E-state index in [1.807, 2.05) is 6.07 Å². The minimum atomic E-state index is -2.80. The van der Waals surface area contributed by atoms with E-state index in [0.29, 0.717) is 11.5 Å². The molecule has 3 rings (SSSR count). The lowest BCUT2D eigenvalue weighted by Crippen LogP contribution is -2.34. The molecule has 1 fully saturated rings. The van der Waals surface area contributed by atoms with E-state index in [1.165, 1.54) is 11.1 Å². The maximum Gasteiger partial charge on any atom is 0.150 e. The molecule has 1 aliphatic carbocycles. The molecule has 21 heavy (non-hydrogen) atoms. The van der Waals surface area contributed by atoms with Crippen LogP contribution in [0.2, 0.25) is 5.02 Å². The molecule has 1 saturated heterocycles. The van der Waals surface area contributed by atoms with Crippen molar-refractivity contribution in [3.05, 3.63) is 34.3 Å². The summed E-state index contributed by atoms with van der Waals surface area (Å²) in [6.45, 7) is 5.27. The van der Waals surface area contributed by atoms with Crippen LogP contribution < -0.4 is 5.32 Å². The van der Waals surface area contributed by atoms with Crippen molar-refractivity contribution in [2.24, 2.45) is 11.3 Å². The van der Waals surface area contributed by atoms with E-state index in [0.717, 1.165) is 24.4 Å². The van der Waals surface area contributed by atoms with Gasteiger partial charge in [-0.1, -0.05) is 31.5 Å². The molecule has 0 bridgehead atoms. The number of fused-ring (bicyclic) bond motifs is 1. The maximum atomic E-state index is 11.6. The van der Waals surface area contributed by atoms with E-state index in [-0.39, 0.29) is 17.4 Å². The Morgan fingerprint density at radius 3 is 2.81 bits per heavy atom. The minimum absolute atomic E-state index is 0.129. The second-order valence-corrected chi connectivity index (χ2v) is 9.78. The van der Waals surface area contributed by atoms with Gasteiger partial charge in [-0.25, -0.2) is 8.42 Å². The van der Waals surface area contributed by atoms with E-state index in [2.05, 4.69) is 31.3 Å². The number of rotatable bonds is 3. The molecular formula is C16H22ClNO2S. The van der Waals surface area contributed by atoms with Crippen LogP contribution in [0.4, 0.5) is 0 Å². The summed E-state index contributed by atoms with van der Waals surface area (Å²) in [4.78, 5) is 0. The third-order valence-electron chi connectivity index (χ3n) is 4.78. The number of hydrogen-bond donors (Lipinski definition) is 1. The average Bonchev–Trinajstić information content (AvgIpc) is 2.83. The summed E-state index contributed by atoms with van der Waals surface area (Å²) >= 11 is 6.14. The number of benzene rings is 1. The number of hydrogen-bond acceptors (Lipinski definition) is 3. The summed E-state index contributed by atoms with van der Waals surface area (Å²) in [5.41, 5.74) is 2.75. The highest BCUT2D eigenvalue weighted by molar-refractivity contribution is 7.91. The minimum Gasteiger partial charge on any atom is -0.309 e. The largest absolute Gasteiger partial charge is 0.309 e. The standard InChI is InChI=1S/C16H22ClNO2S/c1-16(2)8-12-3-4-13(17)7-14(12)15(16)18-9-11-5-6-21(19,20)10-11/h3-4,7,11,15,18H,5-6,8-10H2,1-2H3. The topological polar surface area (TPSA) is 46.2 Å². The van der Waals surface area contributed by atoms with Gasteiger partial charge in [-0.2, -0.15) is 0 Å². The van der Waals surface area contributed by atoms with Crippen LogP contribution in [0.5, 0.6) is 0 Å².